The number of nitrogens with one attached hydrogen (secondary N) is 2. The molecule has 0 atom stereocenters. The van der Waals surface area contributed by atoms with Crippen LogP contribution in [0.5, 0.6) is 0 Å². The Labute approximate surface area is 134 Å². The maximum absolute atomic E-state index is 13.0. The van der Waals surface area contributed by atoms with Gasteiger partial charge in [0.15, 0.2) is 17.4 Å². The highest BCUT2D eigenvalue weighted by molar-refractivity contribution is 7.14. The van der Waals surface area contributed by atoms with Crippen LogP contribution >= 0.6 is 11.3 Å². The molecule has 0 aliphatic rings. The van der Waals surface area contributed by atoms with Gasteiger partial charge in [0, 0.05) is 18.0 Å². The number of ether oxygens (including phenoxy) is 1. The average Bonchev–Trinajstić information content (AvgIpc) is 2.92. The van der Waals surface area contributed by atoms with Crippen molar-refractivity contribution in [3.05, 3.63) is 41.2 Å². The molecule has 1 aromatic carbocycles. The monoisotopic (exact) mass is 337 g/mol. The van der Waals surface area contributed by atoms with Gasteiger partial charge in [0.25, 0.3) is 5.91 Å². The number of esters is 1. The number of thiazole rings is 1. The van der Waals surface area contributed by atoms with E-state index >= 15 is 0 Å². The summed E-state index contributed by atoms with van der Waals surface area (Å²) in [5.74, 6) is -2.21. The average molecular weight is 337 g/mol. The molecule has 2 rings (SSSR count). The second-order valence-corrected chi connectivity index (χ2v) is 5.21. The van der Waals surface area contributed by atoms with Gasteiger partial charge >= 0.3 is 5.97 Å². The number of hydrogen-bond acceptors (Lipinski definition) is 6. The molecule has 2 amide bonds. The number of hydrogen-bond donors (Lipinski definition) is 2. The smallest absolute Gasteiger partial charge is 0.358 e. The number of halogens is 1. The highest BCUT2D eigenvalue weighted by Crippen LogP contribution is 2.16. The van der Waals surface area contributed by atoms with E-state index in [4.69, 9.17) is 4.74 Å². The van der Waals surface area contributed by atoms with Crippen molar-refractivity contribution < 1.29 is 23.5 Å². The third kappa shape index (κ3) is 5.15. The Morgan fingerprint density at radius 1 is 1.30 bits per heavy atom. The van der Waals surface area contributed by atoms with Crippen molar-refractivity contribution in [1.82, 2.24) is 4.98 Å². The molecule has 1 heterocycles. The van der Waals surface area contributed by atoms with Crippen LogP contribution in [0.3, 0.4) is 0 Å². The van der Waals surface area contributed by atoms with Crippen molar-refractivity contribution in [2.45, 2.75) is 6.92 Å². The molecule has 0 bridgehead atoms. The van der Waals surface area contributed by atoms with Gasteiger partial charge in [-0.25, -0.2) is 14.2 Å². The van der Waals surface area contributed by atoms with Gasteiger partial charge in [-0.2, -0.15) is 0 Å². The van der Waals surface area contributed by atoms with E-state index in [1.54, 1.807) is 0 Å². The second kappa shape index (κ2) is 7.45. The van der Waals surface area contributed by atoms with Gasteiger partial charge in [0.05, 0.1) is 0 Å². The van der Waals surface area contributed by atoms with Crippen LogP contribution in [0, 0.1) is 5.82 Å². The van der Waals surface area contributed by atoms with Crippen LogP contribution < -0.4 is 10.6 Å². The van der Waals surface area contributed by atoms with Crippen LogP contribution in [0.2, 0.25) is 0 Å². The van der Waals surface area contributed by atoms with Crippen LogP contribution in [0.1, 0.15) is 17.4 Å². The largest absolute Gasteiger partial charge is 0.451 e. The number of anilines is 2. The SMILES string of the molecule is CC(=O)Nc1nc(C(=O)OCC(=O)Nc2cccc(F)c2)cs1. The summed E-state index contributed by atoms with van der Waals surface area (Å²) in [4.78, 5) is 38.1. The molecule has 0 radical (unpaired) electrons. The minimum absolute atomic E-state index is 0.0164. The molecular weight excluding hydrogens is 325 g/mol. The lowest BCUT2D eigenvalue weighted by Gasteiger charge is -2.05. The predicted molar refractivity (Wildman–Crippen MR) is 81.7 cm³/mol. The third-order valence-corrected chi connectivity index (χ3v) is 3.20. The maximum atomic E-state index is 13.0. The van der Waals surface area contributed by atoms with Crippen molar-refractivity contribution in [3.8, 4) is 0 Å². The van der Waals surface area contributed by atoms with Crippen molar-refractivity contribution >= 4 is 39.9 Å². The van der Waals surface area contributed by atoms with Crippen molar-refractivity contribution in [2.75, 3.05) is 17.2 Å². The summed E-state index contributed by atoms with van der Waals surface area (Å²) in [5.41, 5.74) is 0.241. The van der Waals surface area contributed by atoms with Gasteiger partial charge in [-0.15, -0.1) is 11.3 Å². The number of nitrogens with zero attached hydrogens (tertiary/aromatic N) is 1. The van der Waals surface area contributed by atoms with Gasteiger partial charge in [-0.1, -0.05) is 6.07 Å². The molecule has 9 heteroatoms. The fraction of sp³-hybridized carbons (Fsp3) is 0.143. The lowest BCUT2D eigenvalue weighted by atomic mass is 10.3. The number of carbonyl (C=O) groups excluding carboxylic acids is 3. The molecule has 1 aromatic heterocycles. The summed E-state index contributed by atoms with van der Waals surface area (Å²) in [6.07, 6.45) is 0. The van der Waals surface area contributed by atoms with Crippen molar-refractivity contribution in [1.29, 1.82) is 0 Å². The number of amides is 2. The number of benzene rings is 1. The Hall–Kier alpha value is -2.81. The van der Waals surface area contributed by atoms with Crippen LogP contribution in [-0.2, 0) is 14.3 Å². The van der Waals surface area contributed by atoms with Gasteiger partial charge in [0.2, 0.25) is 5.91 Å². The van der Waals surface area contributed by atoms with E-state index < -0.39 is 24.3 Å². The number of carbonyl (C=O) groups is 3. The zero-order valence-electron chi connectivity index (χ0n) is 12.0. The second-order valence-electron chi connectivity index (χ2n) is 4.35. The summed E-state index contributed by atoms with van der Waals surface area (Å²) in [6, 6.07) is 5.32. The molecule has 23 heavy (non-hydrogen) atoms. The first kappa shape index (κ1) is 16.6. The zero-order valence-corrected chi connectivity index (χ0v) is 12.8. The minimum atomic E-state index is -0.799. The normalized spacial score (nSPS) is 10.0. The summed E-state index contributed by atoms with van der Waals surface area (Å²) < 4.78 is 17.8. The van der Waals surface area contributed by atoms with Gasteiger partial charge < -0.3 is 15.4 Å². The Morgan fingerprint density at radius 3 is 2.78 bits per heavy atom. The molecule has 0 aliphatic heterocycles. The molecule has 0 saturated carbocycles. The molecule has 0 unspecified atom stereocenters. The first-order chi connectivity index (χ1) is 10.9. The summed E-state index contributed by atoms with van der Waals surface area (Å²) >= 11 is 1.06. The van der Waals surface area contributed by atoms with E-state index in [2.05, 4.69) is 15.6 Å². The highest BCUT2D eigenvalue weighted by atomic mass is 32.1. The highest BCUT2D eigenvalue weighted by Gasteiger charge is 2.14. The molecule has 0 saturated heterocycles. The molecule has 7 nitrogen and oxygen atoms in total. The fourth-order valence-electron chi connectivity index (χ4n) is 1.54. The van der Waals surface area contributed by atoms with E-state index in [1.165, 1.54) is 30.5 Å². The molecule has 0 fully saturated rings. The predicted octanol–water partition coefficient (Wildman–Crippen LogP) is 2.04. The molecule has 120 valence electrons. The van der Waals surface area contributed by atoms with Gasteiger partial charge in [0.1, 0.15) is 5.82 Å². The van der Waals surface area contributed by atoms with Crippen LogP contribution in [0.25, 0.3) is 0 Å². The Balaban J connectivity index is 1.85. The lowest BCUT2D eigenvalue weighted by Crippen LogP contribution is -2.21. The maximum Gasteiger partial charge on any atom is 0.358 e. The number of aromatic nitrogens is 1. The zero-order chi connectivity index (χ0) is 16.8. The van der Waals surface area contributed by atoms with Gasteiger partial charge in [-0.05, 0) is 18.2 Å². The Morgan fingerprint density at radius 2 is 2.09 bits per heavy atom. The molecular formula is C14H12FN3O4S. The number of rotatable bonds is 5. The minimum Gasteiger partial charge on any atom is -0.451 e. The standard InChI is InChI=1S/C14H12FN3O4S/c1-8(19)16-14-18-11(7-23-14)13(21)22-6-12(20)17-10-4-2-3-9(15)5-10/h2-5,7H,6H2,1H3,(H,17,20)(H,16,18,19). The Kier molecular flexibility index (Phi) is 5.36. The third-order valence-electron chi connectivity index (χ3n) is 2.44. The van der Waals surface area contributed by atoms with E-state index in [-0.39, 0.29) is 22.4 Å². The quantitative estimate of drug-likeness (QED) is 0.814. The topological polar surface area (TPSA) is 97.4 Å². The first-order valence-electron chi connectivity index (χ1n) is 6.39. The van der Waals surface area contributed by atoms with Crippen molar-refractivity contribution in [3.63, 3.8) is 0 Å². The molecule has 2 aromatic rings. The Bertz CT molecular complexity index is 747. The molecule has 2 N–H and O–H groups in total. The van der Waals surface area contributed by atoms with Crippen LogP contribution in [0.4, 0.5) is 15.2 Å². The first-order valence-corrected chi connectivity index (χ1v) is 7.27. The van der Waals surface area contributed by atoms with E-state index in [9.17, 15) is 18.8 Å². The van der Waals surface area contributed by atoms with Crippen LogP contribution in [-0.4, -0.2) is 29.4 Å². The summed E-state index contributed by atoms with van der Waals surface area (Å²) in [7, 11) is 0. The van der Waals surface area contributed by atoms with E-state index in [1.807, 2.05) is 0 Å². The molecule has 0 aliphatic carbocycles. The molecule has 0 spiro atoms. The fourth-order valence-corrected chi connectivity index (χ4v) is 2.27. The van der Waals surface area contributed by atoms with Gasteiger partial charge in [-0.3, -0.25) is 9.59 Å². The van der Waals surface area contributed by atoms with Crippen molar-refractivity contribution in [2.24, 2.45) is 0 Å². The van der Waals surface area contributed by atoms with E-state index in [0.29, 0.717) is 0 Å². The summed E-state index contributed by atoms with van der Waals surface area (Å²) in [5, 5.41) is 6.48. The van der Waals surface area contributed by atoms with Crippen LogP contribution in [0.15, 0.2) is 29.6 Å². The van der Waals surface area contributed by atoms with E-state index in [0.717, 1.165) is 17.4 Å². The summed E-state index contributed by atoms with van der Waals surface area (Å²) in [6.45, 7) is 0.776. The lowest BCUT2D eigenvalue weighted by molar-refractivity contribution is -0.119.